The summed E-state index contributed by atoms with van der Waals surface area (Å²) in [5, 5.41) is 9.94. The Hall–Kier alpha value is -1.46. The summed E-state index contributed by atoms with van der Waals surface area (Å²) in [5.74, 6) is -1.70. The van der Waals surface area contributed by atoms with Crippen molar-refractivity contribution in [3.05, 3.63) is 28.2 Å². The van der Waals surface area contributed by atoms with E-state index in [0.29, 0.717) is 42.6 Å². The van der Waals surface area contributed by atoms with Gasteiger partial charge >= 0.3 is 5.97 Å². The van der Waals surface area contributed by atoms with Gasteiger partial charge in [0.1, 0.15) is 0 Å². The highest BCUT2D eigenvalue weighted by molar-refractivity contribution is 6.42. The van der Waals surface area contributed by atoms with Crippen molar-refractivity contribution in [2.24, 2.45) is 11.8 Å². The quantitative estimate of drug-likeness (QED) is 0.915. The Kier molecular flexibility index (Phi) is 4.19. The number of piperazine rings is 1. The third-order valence-electron chi connectivity index (χ3n) is 4.28. The lowest BCUT2D eigenvalue weighted by Gasteiger charge is -2.36. The van der Waals surface area contributed by atoms with Crippen LogP contribution >= 0.6 is 23.2 Å². The highest BCUT2D eigenvalue weighted by atomic mass is 35.5. The Morgan fingerprint density at radius 1 is 1.05 bits per heavy atom. The molecule has 1 amide bonds. The summed E-state index contributed by atoms with van der Waals surface area (Å²) in [4.78, 5) is 27.0. The number of carboxylic acid groups (broad SMARTS) is 1. The molecule has 0 aromatic heterocycles. The van der Waals surface area contributed by atoms with Gasteiger partial charge in [0.15, 0.2) is 0 Å². The van der Waals surface area contributed by atoms with E-state index in [1.54, 1.807) is 11.0 Å². The van der Waals surface area contributed by atoms with Gasteiger partial charge in [-0.3, -0.25) is 9.59 Å². The first-order chi connectivity index (χ1) is 10.5. The standard InChI is InChI=1S/C15H16Cl2N2O3/c16-12-2-1-9(7-13(12)17)18-3-5-19(6-4-18)14(20)10-8-11(10)15(21)22/h1-2,7,10-11H,3-6,8H2,(H,21,22)/t10-,11-/m1/s1. The van der Waals surface area contributed by atoms with Gasteiger partial charge in [0.05, 0.1) is 21.9 Å². The first kappa shape index (κ1) is 15.4. The summed E-state index contributed by atoms with van der Waals surface area (Å²) < 4.78 is 0. The van der Waals surface area contributed by atoms with Gasteiger partial charge in [-0.2, -0.15) is 0 Å². The van der Waals surface area contributed by atoms with Gasteiger partial charge in [-0.1, -0.05) is 23.2 Å². The lowest BCUT2D eigenvalue weighted by Crippen LogP contribution is -2.49. The molecular formula is C15H16Cl2N2O3. The number of benzene rings is 1. The normalized spacial score (nSPS) is 24.3. The number of hydrogen-bond acceptors (Lipinski definition) is 3. The molecule has 1 aliphatic carbocycles. The molecule has 0 spiro atoms. The summed E-state index contributed by atoms with van der Waals surface area (Å²) in [5.41, 5.74) is 0.983. The van der Waals surface area contributed by atoms with Crippen LogP contribution < -0.4 is 4.90 Å². The highest BCUT2D eigenvalue weighted by Crippen LogP contribution is 2.40. The van der Waals surface area contributed by atoms with Crippen LogP contribution in [0.2, 0.25) is 10.0 Å². The average Bonchev–Trinajstić information content (AvgIpc) is 3.30. The number of halogens is 2. The minimum atomic E-state index is -0.868. The molecule has 5 nitrogen and oxygen atoms in total. The Morgan fingerprint density at radius 3 is 2.27 bits per heavy atom. The van der Waals surface area contributed by atoms with E-state index in [-0.39, 0.29) is 11.8 Å². The topological polar surface area (TPSA) is 60.9 Å². The second-order valence-corrected chi connectivity index (χ2v) is 6.51. The maximum Gasteiger partial charge on any atom is 0.307 e. The molecule has 1 saturated carbocycles. The third-order valence-corrected chi connectivity index (χ3v) is 5.02. The van der Waals surface area contributed by atoms with Gasteiger partial charge in [0.2, 0.25) is 5.91 Å². The molecule has 1 N–H and O–H groups in total. The summed E-state index contributed by atoms with van der Waals surface area (Å²) in [6.45, 7) is 2.60. The van der Waals surface area contributed by atoms with E-state index in [0.717, 1.165) is 5.69 Å². The zero-order chi connectivity index (χ0) is 15.9. The largest absolute Gasteiger partial charge is 0.481 e. The minimum absolute atomic E-state index is 0.0267. The number of hydrogen-bond donors (Lipinski definition) is 1. The summed E-state index contributed by atoms with van der Waals surface area (Å²) in [6, 6.07) is 5.49. The van der Waals surface area contributed by atoms with Crippen molar-refractivity contribution in [3.63, 3.8) is 0 Å². The van der Waals surface area contributed by atoms with Crippen molar-refractivity contribution < 1.29 is 14.7 Å². The van der Waals surface area contributed by atoms with Crippen LogP contribution in [0.25, 0.3) is 0 Å². The SMILES string of the molecule is O=C(O)[C@@H]1C[C@H]1C(=O)N1CCN(c2ccc(Cl)c(Cl)c2)CC1. The smallest absolute Gasteiger partial charge is 0.307 e. The van der Waals surface area contributed by atoms with E-state index in [4.69, 9.17) is 28.3 Å². The lowest BCUT2D eigenvalue weighted by molar-refractivity contribution is -0.142. The molecule has 1 aromatic carbocycles. The van der Waals surface area contributed by atoms with Gasteiger partial charge in [-0.05, 0) is 24.6 Å². The van der Waals surface area contributed by atoms with Crippen LogP contribution in [0.15, 0.2) is 18.2 Å². The van der Waals surface area contributed by atoms with Crippen LogP contribution in [0, 0.1) is 11.8 Å². The van der Waals surface area contributed by atoms with E-state index >= 15 is 0 Å². The monoisotopic (exact) mass is 342 g/mol. The average molecular weight is 343 g/mol. The van der Waals surface area contributed by atoms with Gasteiger partial charge in [0, 0.05) is 31.9 Å². The van der Waals surface area contributed by atoms with Gasteiger partial charge in [0.25, 0.3) is 0 Å². The molecule has 3 rings (SSSR count). The summed E-state index contributed by atoms with van der Waals surface area (Å²) >= 11 is 11.9. The number of aliphatic carboxylic acids is 1. The fourth-order valence-electron chi connectivity index (χ4n) is 2.84. The van der Waals surface area contributed by atoms with E-state index < -0.39 is 11.9 Å². The Morgan fingerprint density at radius 2 is 1.73 bits per heavy atom. The molecule has 1 heterocycles. The Bertz CT molecular complexity index is 615. The number of anilines is 1. The maximum atomic E-state index is 12.2. The predicted molar refractivity (Wildman–Crippen MR) is 84.5 cm³/mol. The van der Waals surface area contributed by atoms with E-state index in [2.05, 4.69) is 4.90 Å². The molecule has 2 atom stereocenters. The van der Waals surface area contributed by atoms with Gasteiger partial charge in [-0.15, -0.1) is 0 Å². The molecule has 2 aliphatic rings. The van der Waals surface area contributed by atoms with E-state index in [1.165, 1.54) is 0 Å². The van der Waals surface area contributed by atoms with Crippen LogP contribution in [0.4, 0.5) is 5.69 Å². The number of nitrogens with zero attached hydrogens (tertiary/aromatic N) is 2. The number of carbonyl (C=O) groups excluding carboxylic acids is 1. The molecule has 22 heavy (non-hydrogen) atoms. The highest BCUT2D eigenvalue weighted by Gasteiger charge is 2.50. The molecule has 1 aliphatic heterocycles. The molecule has 0 bridgehead atoms. The van der Waals surface area contributed by atoms with Crippen molar-refractivity contribution in [2.45, 2.75) is 6.42 Å². The first-order valence-electron chi connectivity index (χ1n) is 7.19. The van der Waals surface area contributed by atoms with Crippen molar-refractivity contribution in [3.8, 4) is 0 Å². The second-order valence-electron chi connectivity index (χ2n) is 5.70. The summed E-state index contributed by atoms with van der Waals surface area (Å²) in [6.07, 6.45) is 0.473. The zero-order valence-electron chi connectivity index (χ0n) is 11.8. The van der Waals surface area contributed by atoms with E-state index in [9.17, 15) is 9.59 Å². The number of carbonyl (C=O) groups is 2. The van der Waals surface area contributed by atoms with Crippen molar-refractivity contribution >= 4 is 40.8 Å². The van der Waals surface area contributed by atoms with Crippen LogP contribution in [0.1, 0.15) is 6.42 Å². The van der Waals surface area contributed by atoms with Crippen molar-refractivity contribution in [2.75, 3.05) is 31.1 Å². The van der Waals surface area contributed by atoms with Crippen molar-refractivity contribution in [1.82, 2.24) is 4.90 Å². The Labute approximate surface area is 138 Å². The molecule has 1 saturated heterocycles. The maximum absolute atomic E-state index is 12.2. The van der Waals surface area contributed by atoms with Crippen LogP contribution in [-0.2, 0) is 9.59 Å². The van der Waals surface area contributed by atoms with Crippen LogP contribution in [0.3, 0.4) is 0 Å². The van der Waals surface area contributed by atoms with E-state index in [1.807, 2.05) is 12.1 Å². The molecule has 2 fully saturated rings. The minimum Gasteiger partial charge on any atom is -0.481 e. The van der Waals surface area contributed by atoms with Crippen LogP contribution in [0.5, 0.6) is 0 Å². The molecule has 118 valence electrons. The van der Waals surface area contributed by atoms with Gasteiger partial charge in [-0.25, -0.2) is 0 Å². The second kappa shape index (κ2) is 5.97. The molecule has 0 radical (unpaired) electrons. The number of carboxylic acids is 1. The number of amides is 1. The third kappa shape index (κ3) is 3.01. The fraction of sp³-hybridized carbons (Fsp3) is 0.467. The lowest BCUT2D eigenvalue weighted by atomic mass is 10.2. The van der Waals surface area contributed by atoms with Crippen molar-refractivity contribution in [1.29, 1.82) is 0 Å². The molecule has 7 heteroatoms. The zero-order valence-corrected chi connectivity index (χ0v) is 13.3. The Balaban J connectivity index is 1.57. The molecular weight excluding hydrogens is 327 g/mol. The first-order valence-corrected chi connectivity index (χ1v) is 7.94. The van der Waals surface area contributed by atoms with Gasteiger partial charge < -0.3 is 14.9 Å². The molecule has 0 unspecified atom stereocenters. The fourth-order valence-corrected chi connectivity index (χ4v) is 3.13. The summed E-state index contributed by atoms with van der Waals surface area (Å²) in [7, 11) is 0. The van der Waals surface area contributed by atoms with Crippen LogP contribution in [-0.4, -0.2) is 48.1 Å². The molecule has 1 aromatic rings. The predicted octanol–water partition coefficient (Wildman–Crippen LogP) is 2.36. The number of rotatable bonds is 3.